The Morgan fingerprint density at radius 3 is 2.26 bits per heavy atom. The van der Waals surface area contributed by atoms with Crippen LogP contribution in [0.5, 0.6) is 0 Å². The molecule has 0 radical (unpaired) electrons. The van der Waals surface area contributed by atoms with E-state index in [2.05, 4.69) is 19.2 Å². The minimum Gasteiger partial charge on any atom is -0.313 e. The summed E-state index contributed by atoms with van der Waals surface area (Å²) in [5.41, 5.74) is 0. The molecule has 1 rings (SSSR count). The molecule has 0 aromatic heterocycles. The second kappa shape index (κ2) is 7.27. The van der Waals surface area contributed by atoms with Crippen molar-refractivity contribution in [3.05, 3.63) is 29.3 Å². The van der Waals surface area contributed by atoms with E-state index in [-0.39, 0.29) is 11.8 Å². The molecule has 0 spiro atoms. The maximum absolute atomic E-state index is 12.4. The standard InChI is InChI=1S/C14H22ClNO2S/c1-4-11(3)14(16-5-2)10-19(17,18)13-8-6-12(15)7-9-13/h6-9,11,14,16H,4-5,10H2,1-3H3. The van der Waals surface area contributed by atoms with Crippen molar-refractivity contribution < 1.29 is 8.42 Å². The van der Waals surface area contributed by atoms with Crippen molar-refractivity contribution in [2.75, 3.05) is 12.3 Å². The van der Waals surface area contributed by atoms with Gasteiger partial charge >= 0.3 is 0 Å². The molecule has 1 N–H and O–H groups in total. The zero-order valence-electron chi connectivity index (χ0n) is 11.7. The molecule has 0 aliphatic heterocycles. The first-order valence-electron chi connectivity index (χ1n) is 6.62. The highest BCUT2D eigenvalue weighted by Crippen LogP contribution is 2.18. The normalized spacial score (nSPS) is 15.2. The van der Waals surface area contributed by atoms with Gasteiger partial charge in [0.25, 0.3) is 0 Å². The third-order valence-electron chi connectivity index (χ3n) is 3.37. The molecule has 2 unspecified atom stereocenters. The number of hydrogen-bond acceptors (Lipinski definition) is 3. The molecular weight excluding hydrogens is 282 g/mol. The number of benzene rings is 1. The lowest BCUT2D eigenvalue weighted by atomic mass is 10.0. The monoisotopic (exact) mass is 303 g/mol. The minimum atomic E-state index is -3.27. The summed E-state index contributed by atoms with van der Waals surface area (Å²) in [5, 5.41) is 3.81. The average molecular weight is 304 g/mol. The fourth-order valence-corrected chi connectivity index (χ4v) is 3.73. The van der Waals surface area contributed by atoms with Crippen LogP contribution in [0.3, 0.4) is 0 Å². The summed E-state index contributed by atoms with van der Waals surface area (Å²) in [4.78, 5) is 0.336. The Morgan fingerprint density at radius 2 is 1.79 bits per heavy atom. The van der Waals surface area contributed by atoms with Crippen LogP contribution in [0.15, 0.2) is 29.2 Å². The van der Waals surface area contributed by atoms with Gasteiger partial charge in [0, 0.05) is 11.1 Å². The van der Waals surface area contributed by atoms with Gasteiger partial charge in [0.2, 0.25) is 0 Å². The first-order valence-corrected chi connectivity index (χ1v) is 8.65. The Hall–Kier alpha value is -0.580. The Kier molecular flexibility index (Phi) is 6.30. The smallest absolute Gasteiger partial charge is 0.179 e. The van der Waals surface area contributed by atoms with Crippen LogP contribution in [-0.4, -0.2) is 26.8 Å². The molecule has 0 saturated carbocycles. The average Bonchev–Trinajstić information content (AvgIpc) is 2.37. The molecule has 108 valence electrons. The van der Waals surface area contributed by atoms with Crippen molar-refractivity contribution in [1.82, 2.24) is 5.32 Å². The first-order chi connectivity index (χ1) is 8.90. The van der Waals surface area contributed by atoms with Crippen LogP contribution in [0, 0.1) is 5.92 Å². The topological polar surface area (TPSA) is 46.2 Å². The molecule has 5 heteroatoms. The fraction of sp³-hybridized carbons (Fsp3) is 0.571. The first kappa shape index (κ1) is 16.5. The number of sulfone groups is 1. The maximum atomic E-state index is 12.4. The number of rotatable bonds is 7. The van der Waals surface area contributed by atoms with Gasteiger partial charge in [-0.15, -0.1) is 0 Å². The Labute approximate surface area is 121 Å². The van der Waals surface area contributed by atoms with Gasteiger partial charge in [-0.05, 0) is 36.7 Å². The third-order valence-corrected chi connectivity index (χ3v) is 5.41. The van der Waals surface area contributed by atoms with Crippen molar-refractivity contribution >= 4 is 21.4 Å². The molecule has 3 nitrogen and oxygen atoms in total. The molecule has 0 aliphatic carbocycles. The van der Waals surface area contributed by atoms with Crippen LogP contribution >= 0.6 is 11.6 Å². The molecule has 2 atom stereocenters. The van der Waals surface area contributed by atoms with E-state index in [1.54, 1.807) is 24.3 Å². The van der Waals surface area contributed by atoms with E-state index in [1.807, 2.05) is 6.92 Å². The van der Waals surface area contributed by atoms with E-state index in [0.717, 1.165) is 13.0 Å². The van der Waals surface area contributed by atoms with E-state index in [0.29, 0.717) is 15.8 Å². The Balaban J connectivity index is 2.90. The second-order valence-corrected chi connectivity index (χ2v) is 7.26. The predicted octanol–water partition coefficient (Wildman–Crippen LogP) is 3.14. The quantitative estimate of drug-likeness (QED) is 0.842. The van der Waals surface area contributed by atoms with Gasteiger partial charge < -0.3 is 5.32 Å². The second-order valence-electron chi connectivity index (χ2n) is 4.79. The van der Waals surface area contributed by atoms with Gasteiger partial charge in [-0.2, -0.15) is 0 Å². The highest BCUT2D eigenvalue weighted by molar-refractivity contribution is 7.91. The van der Waals surface area contributed by atoms with Crippen LogP contribution in [0.25, 0.3) is 0 Å². The van der Waals surface area contributed by atoms with Crippen molar-refractivity contribution in [3.8, 4) is 0 Å². The van der Waals surface area contributed by atoms with Crippen LogP contribution in [0.4, 0.5) is 0 Å². The van der Waals surface area contributed by atoms with Crippen LogP contribution in [0.2, 0.25) is 5.02 Å². The van der Waals surface area contributed by atoms with Gasteiger partial charge in [0.15, 0.2) is 9.84 Å². The molecule has 0 heterocycles. The van der Waals surface area contributed by atoms with Gasteiger partial charge in [-0.3, -0.25) is 0 Å². The third kappa shape index (κ3) is 4.79. The lowest BCUT2D eigenvalue weighted by Gasteiger charge is -2.23. The molecule has 0 aliphatic rings. The minimum absolute atomic E-state index is 0.0179. The van der Waals surface area contributed by atoms with Crippen LogP contribution in [-0.2, 0) is 9.84 Å². The van der Waals surface area contributed by atoms with Gasteiger partial charge in [-0.1, -0.05) is 38.8 Å². The van der Waals surface area contributed by atoms with Crippen LogP contribution in [0.1, 0.15) is 27.2 Å². The summed E-state index contributed by atoms with van der Waals surface area (Å²) >= 11 is 5.78. The molecular formula is C14H22ClNO2S. The van der Waals surface area contributed by atoms with Gasteiger partial charge in [0.1, 0.15) is 0 Å². The highest BCUT2D eigenvalue weighted by Gasteiger charge is 2.24. The Bertz CT molecular complexity index is 485. The molecule has 0 saturated heterocycles. The van der Waals surface area contributed by atoms with Gasteiger partial charge in [0.05, 0.1) is 10.6 Å². The summed E-state index contributed by atoms with van der Waals surface area (Å²) in [5.74, 6) is 0.444. The zero-order chi connectivity index (χ0) is 14.5. The van der Waals surface area contributed by atoms with E-state index >= 15 is 0 Å². The van der Waals surface area contributed by atoms with Crippen molar-refractivity contribution in [2.45, 2.75) is 38.1 Å². The number of hydrogen-bond donors (Lipinski definition) is 1. The van der Waals surface area contributed by atoms with E-state index in [9.17, 15) is 8.42 Å². The predicted molar refractivity (Wildman–Crippen MR) is 80.4 cm³/mol. The summed E-state index contributed by atoms with van der Waals surface area (Å²) in [6, 6.07) is 6.34. The summed E-state index contributed by atoms with van der Waals surface area (Å²) in [6.07, 6.45) is 0.952. The van der Waals surface area contributed by atoms with E-state index in [4.69, 9.17) is 11.6 Å². The van der Waals surface area contributed by atoms with Crippen LogP contribution < -0.4 is 5.32 Å². The van der Waals surface area contributed by atoms with Crippen molar-refractivity contribution in [3.63, 3.8) is 0 Å². The lowest BCUT2D eigenvalue weighted by Crippen LogP contribution is -2.40. The molecule has 19 heavy (non-hydrogen) atoms. The van der Waals surface area contributed by atoms with E-state index < -0.39 is 9.84 Å². The SMILES string of the molecule is CCNC(CS(=O)(=O)c1ccc(Cl)cc1)C(C)CC. The zero-order valence-corrected chi connectivity index (χ0v) is 13.3. The van der Waals surface area contributed by atoms with Gasteiger partial charge in [-0.25, -0.2) is 8.42 Å². The van der Waals surface area contributed by atoms with Crippen molar-refractivity contribution in [1.29, 1.82) is 0 Å². The highest BCUT2D eigenvalue weighted by atomic mass is 35.5. The van der Waals surface area contributed by atoms with E-state index in [1.165, 1.54) is 0 Å². The molecule has 0 bridgehead atoms. The van der Waals surface area contributed by atoms with Crippen molar-refractivity contribution in [2.24, 2.45) is 5.92 Å². The maximum Gasteiger partial charge on any atom is 0.179 e. The summed E-state index contributed by atoms with van der Waals surface area (Å²) in [7, 11) is -3.27. The molecule has 1 aromatic rings. The number of nitrogens with one attached hydrogen (secondary N) is 1. The molecule has 1 aromatic carbocycles. The Morgan fingerprint density at radius 1 is 1.21 bits per heavy atom. The summed E-state index contributed by atoms with van der Waals surface area (Å²) < 4.78 is 24.7. The summed E-state index contributed by atoms with van der Waals surface area (Å²) in [6.45, 7) is 6.91. The molecule has 0 amide bonds. The molecule has 0 fully saturated rings. The lowest BCUT2D eigenvalue weighted by molar-refractivity contribution is 0.398. The largest absolute Gasteiger partial charge is 0.313 e. The number of halogens is 1. The fourth-order valence-electron chi connectivity index (χ4n) is 1.95.